The van der Waals surface area contributed by atoms with Crippen LogP contribution in [-0.2, 0) is 11.3 Å². The van der Waals surface area contributed by atoms with E-state index in [2.05, 4.69) is 4.98 Å². The van der Waals surface area contributed by atoms with E-state index in [1.165, 1.54) is 0 Å². The Balaban J connectivity index is 3.44. The fourth-order valence-electron chi connectivity index (χ4n) is 1.09. The Labute approximate surface area is 84.3 Å². The van der Waals surface area contributed by atoms with E-state index >= 15 is 0 Å². The molecule has 76 valence electrons. The molecule has 0 fully saturated rings. The van der Waals surface area contributed by atoms with E-state index in [4.69, 9.17) is 11.6 Å². The van der Waals surface area contributed by atoms with Crippen LogP contribution in [0.4, 0.5) is 0 Å². The Morgan fingerprint density at radius 1 is 1.43 bits per heavy atom. The number of hydrogen-bond acceptors (Lipinski definition) is 3. The highest BCUT2D eigenvalue weighted by Gasteiger charge is 2.09. The molecule has 1 aromatic heterocycles. The first kappa shape index (κ1) is 10.7. The van der Waals surface area contributed by atoms with Crippen molar-refractivity contribution < 1.29 is 4.79 Å². The molecule has 0 aromatic carbocycles. The predicted molar refractivity (Wildman–Crippen MR) is 51.7 cm³/mol. The van der Waals surface area contributed by atoms with Crippen molar-refractivity contribution in [3.05, 3.63) is 32.1 Å². The first-order chi connectivity index (χ1) is 6.43. The Morgan fingerprint density at radius 3 is 2.50 bits per heavy atom. The molecular weight excluding hydrogens is 208 g/mol. The lowest BCUT2D eigenvalue weighted by atomic mass is 10.2. The van der Waals surface area contributed by atoms with E-state index in [0.29, 0.717) is 11.3 Å². The van der Waals surface area contributed by atoms with Gasteiger partial charge >= 0.3 is 5.69 Å². The van der Waals surface area contributed by atoms with Crippen molar-refractivity contribution in [2.75, 3.05) is 0 Å². The number of nitrogens with zero attached hydrogens (tertiary/aromatic N) is 1. The third kappa shape index (κ3) is 1.93. The summed E-state index contributed by atoms with van der Waals surface area (Å²) >= 11 is 5.16. The van der Waals surface area contributed by atoms with Crippen molar-refractivity contribution >= 4 is 16.8 Å². The first-order valence-corrected chi connectivity index (χ1v) is 4.30. The highest BCUT2D eigenvalue weighted by atomic mass is 35.5. The second-order valence-corrected chi connectivity index (χ2v) is 3.33. The first-order valence-electron chi connectivity index (χ1n) is 3.92. The summed E-state index contributed by atoms with van der Waals surface area (Å²) in [6.07, 6.45) is 0. The molecule has 1 N–H and O–H groups in total. The van der Waals surface area contributed by atoms with Gasteiger partial charge in [0.25, 0.3) is 5.56 Å². The Kier molecular flexibility index (Phi) is 2.90. The maximum atomic E-state index is 11.2. The van der Waals surface area contributed by atoms with Gasteiger partial charge in [-0.05, 0) is 25.4 Å². The van der Waals surface area contributed by atoms with E-state index in [1.807, 2.05) is 0 Å². The molecule has 0 aliphatic rings. The molecule has 6 heteroatoms. The minimum absolute atomic E-state index is 0.232. The van der Waals surface area contributed by atoms with Crippen molar-refractivity contribution in [3.63, 3.8) is 0 Å². The van der Waals surface area contributed by atoms with Crippen molar-refractivity contribution in [3.8, 4) is 0 Å². The summed E-state index contributed by atoms with van der Waals surface area (Å²) in [5.74, 6) is 0. The summed E-state index contributed by atoms with van der Waals surface area (Å²) < 4.78 is 1.13. The van der Waals surface area contributed by atoms with Crippen molar-refractivity contribution in [1.29, 1.82) is 0 Å². The molecule has 0 aliphatic heterocycles. The lowest BCUT2D eigenvalue weighted by Crippen LogP contribution is -2.34. The zero-order valence-corrected chi connectivity index (χ0v) is 8.51. The highest BCUT2D eigenvalue weighted by Crippen LogP contribution is 1.97. The summed E-state index contributed by atoms with van der Waals surface area (Å²) in [6.45, 7) is 2.93. The average Bonchev–Trinajstić information content (AvgIpc) is 2.09. The predicted octanol–water partition coefficient (Wildman–Crippen LogP) is -0.0812. The van der Waals surface area contributed by atoms with Gasteiger partial charge in [0.15, 0.2) is 0 Å². The molecule has 5 nitrogen and oxygen atoms in total. The Hall–Kier alpha value is -1.36. The van der Waals surface area contributed by atoms with Gasteiger partial charge in [-0.15, -0.1) is 0 Å². The van der Waals surface area contributed by atoms with Crippen LogP contribution in [0, 0.1) is 13.8 Å². The van der Waals surface area contributed by atoms with Crippen molar-refractivity contribution in [2.24, 2.45) is 0 Å². The number of halogens is 1. The van der Waals surface area contributed by atoms with Crippen LogP contribution < -0.4 is 11.2 Å². The van der Waals surface area contributed by atoms with Crippen molar-refractivity contribution in [1.82, 2.24) is 9.55 Å². The van der Waals surface area contributed by atoms with Gasteiger partial charge in [-0.2, -0.15) is 0 Å². The van der Waals surface area contributed by atoms with Crippen LogP contribution in [-0.4, -0.2) is 14.8 Å². The fourth-order valence-corrected chi connectivity index (χ4v) is 1.21. The van der Waals surface area contributed by atoms with Gasteiger partial charge in [0, 0.05) is 11.3 Å². The quantitative estimate of drug-likeness (QED) is 0.703. The van der Waals surface area contributed by atoms with Gasteiger partial charge < -0.3 is 0 Å². The van der Waals surface area contributed by atoms with Gasteiger partial charge in [-0.1, -0.05) is 0 Å². The molecule has 0 spiro atoms. The van der Waals surface area contributed by atoms with Gasteiger partial charge in [-0.3, -0.25) is 19.1 Å². The van der Waals surface area contributed by atoms with Crippen LogP contribution in [0.1, 0.15) is 11.3 Å². The summed E-state index contributed by atoms with van der Waals surface area (Å²) in [5, 5.41) is -0.651. The van der Waals surface area contributed by atoms with E-state index in [9.17, 15) is 14.4 Å². The molecule has 0 radical (unpaired) electrons. The van der Waals surface area contributed by atoms with Gasteiger partial charge in [0.05, 0.1) is 0 Å². The van der Waals surface area contributed by atoms with E-state index < -0.39 is 16.5 Å². The number of rotatable bonds is 2. The molecule has 0 aliphatic carbocycles. The number of nitrogens with one attached hydrogen (secondary N) is 1. The molecule has 0 bridgehead atoms. The van der Waals surface area contributed by atoms with Gasteiger partial charge in [0.1, 0.15) is 6.54 Å². The lowest BCUT2D eigenvalue weighted by molar-refractivity contribution is -0.112. The number of aromatic amines is 1. The molecule has 0 atom stereocenters. The van der Waals surface area contributed by atoms with Crippen LogP contribution in [0.5, 0.6) is 0 Å². The molecule has 0 amide bonds. The molecular formula is C8H9ClN2O3. The van der Waals surface area contributed by atoms with Crippen LogP contribution in [0.25, 0.3) is 0 Å². The highest BCUT2D eigenvalue weighted by molar-refractivity contribution is 6.63. The molecule has 1 heterocycles. The molecule has 0 unspecified atom stereocenters. The van der Waals surface area contributed by atoms with Gasteiger partial charge in [0.2, 0.25) is 5.24 Å². The van der Waals surface area contributed by atoms with E-state index in [0.717, 1.165) is 4.57 Å². The fraction of sp³-hybridized carbons (Fsp3) is 0.375. The smallest absolute Gasteiger partial charge is 0.289 e. The molecule has 1 aromatic rings. The third-order valence-corrected chi connectivity index (χ3v) is 2.16. The zero-order chi connectivity index (χ0) is 10.9. The van der Waals surface area contributed by atoms with Gasteiger partial charge in [-0.25, -0.2) is 4.79 Å². The molecule has 14 heavy (non-hydrogen) atoms. The van der Waals surface area contributed by atoms with E-state index in [1.54, 1.807) is 13.8 Å². The normalized spacial score (nSPS) is 10.2. The minimum Gasteiger partial charge on any atom is -0.289 e. The zero-order valence-electron chi connectivity index (χ0n) is 7.76. The summed E-state index contributed by atoms with van der Waals surface area (Å²) in [6, 6.07) is 0. The van der Waals surface area contributed by atoms with Crippen LogP contribution in [0.2, 0.25) is 0 Å². The number of hydrogen-bond donors (Lipinski definition) is 1. The Bertz CT molecular complexity index is 486. The summed E-state index contributed by atoms with van der Waals surface area (Å²) in [5.41, 5.74) is -0.201. The standard InChI is InChI=1S/C8H9ClN2O3/c1-4-5(2)11(3-6(9)12)8(14)10-7(4)13/h3H2,1-2H3,(H,10,13,14). The number of carbonyl (C=O) groups excluding carboxylic acids is 1. The average molecular weight is 217 g/mol. The van der Waals surface area contributed by atoms with Crippen LogP contribution >= 0.6 is 11.6 Å². The second-order valence-electron chi connectivity index (χ2n) is 2.91. The third-order valence-electron chi connectivity index (χ3n) is 2.04. The number of H-pyrrole nitrogens is 1. The minimum atomic E-state index is -0.651. The number of aromatic nitrogens is 2. The lowest BCUT2D eigenvalue weighted by Gasteiger charge is -2.07. The van der Waals surface area contributed by atoms with Crippen LogP contribution in [0.3, 0.4) is 0 Å². The number of carbonyl (C=O) groups is 1. The Morgan fingerprint density at radius 2 is 2.00 bits per heavy atom. The largest absolute Gasteiger partial charge is 0.328 e. The molecule has 1 rings (SSSR count). The molecule has 0 saturated carbocycles. The topological polar surface area (TPSA) is 71.9 Å². The monoisotopic (exact) mass is 216 g/mol. The molecule has 0 saturated heterocycles. The summed E-state index contributed by atoms with van der Waals surface area (Å²) in [7, 11) is 0. The maximum absolute atomic E-state index is 11.2. The van der Waals surface area contributed by atoms with Crippen LogP contribution in [0.15, 0.2) is 9.59 Å². The van der Waals surface area contributed by atoms with Crippen molar-refractivity contribution in [2.45, 2.75) is 20.4 Å². The summed E-state index contributed by atoms with van der Waals surface area (Å²) in [4.78, 5) is 35.1. The van der Waals surface area contributed by atoms with E-state index in [-0.39, 0.29) is 6.54 Å². The SMILES string of the molecule is Cc1c(C)n(CC(=O)Cl)c(=O)[nH]c1=O. The maximum Gasteiger partial charge on any atom is 0.328 e. The second kappa shape index (κ2) is 3.79.